The Morgan fingerprint density at radius 3 is 2.63 bits per heavy atom. The smallest absolute Gasteiger partial charge is 0.240 e. The van der Waals surface area contributed by atoms with E-state index in [9.17, 15) is 12.8 Å². The maximum atomic E-state index is 13.3. The summed E-state index contributed by atoms with van der Waals surface area (Å²) in [5.74, 6) is -0.545. The van der Waals surface area contributed by atoms with Crippen LogP contribution >= 0.6 is 0 Å². The standard InChI is InChI=1S/C13H21FN2O2S/c1-3-5-8-16-19(17,18)13-9-12(14)7-6-11(13)10-15-4-2/h6-7,9,15-16H,3-5,8,10H2,1-2H3. The molecular weight excluding hydrogens is 267 g/mol. The number of nitrogens with one attached hydrogen (secondary N) is 2. The Bertz CT molecular complexity index is 503. The molecule has 0 fully saturated rings. The molecule has 0 amide bonds. The van der Waals surface area contributed by atoms with Gasteiger partial charge in [-0.05, 0) is 30.7 Å². The monoisotopic (exact) mass is 288 g/mol. The lowest BCUT2D eigenvalue weighted by Crippen LogP contribution is -2.27. The summed E-state index contributed by atoms with van der Waals surface area (Å²) >= 11 is 0. The minimum atomic E-state index is -3.65. The van der Waals surface area contributed by atoms with E-state index >= 15 is 0 Å². The van der Waals surface area contributed by atoms with Crippen LogP contribution in [0.5, 0.6) is 0 Å². The van der Waals surface area contributed by atoms with Crippen molar-refractivity contribution in [3.8, 4) is 0 Å². The molecule has 0 aliphatic carbocycles. The van der Waals surface area contributed by atoms with Crippen LogP contribution in [0.2, 0.25) is 0 Å². The van der Waals surface area contributed by atoms with Crippen molar-refractivity contribution in [3.63, 3.8) is 0 Å². The van der Waals surface area contributed by atoms with Crippen LogP contribution in [0.4, 0.5) is 4.39 Å². The molecule has 0 unspecified atom stereocenters. The molecule has 0 radical (unpaired) electrons. The fourth-order valence-corrected chi connectivity index (χ4v) is 2.97. The summed E-state index contributed by atoms with van der Waals surface area (Å²) in [5.41, 5.74) is 0.576. The van der Waals surface area contributed by atoms with Crippen LogP contribution in [-0.4, -0.2) is 21.5 Å². The Hall–Kier alpha value is -0.980. The van der Waals surface area contributed by atoms with Gasteiger partial charge in [0.2, 0.25) is 10.0 Å². The first-order valence-corrected chi connectivity index (χ1v) is 7.98. The lowest BCUT2D eigenvalue weighted by atomic mass is 10.2. The molecule has 6 heteroatoms. The van der Waals surface area contributed by atoms with Gasteiger partial charge in [-0.1, -0.05) is 26.3 Å². The van der Waals surface area contributed by atoms with Gasteiger partial charge in [-0.2, -0.15) is 0 Å². The Labute approximate surface area is 114 Å². The maximum absolute atomic E-state index is 13.3. The molecule has 0 aromatic heterocycles. The highest BCUT2D eigenvalue weighted by Gasteiger charge is 2.18. The fraction of sp³-hybridized carbons (Fsp3) is 0.538. The van der Waals surface area contributed by atoms with Gasteiger partial charge < -0.3 is 5.32 Å². The third kappa shape index (κ3) is 4.89. The molecule has 2 N–H and O–H groups in total. The van der Waals surface area contributed by atoms with Gasteiger partial charge >= 0.3 is 0 Å². The molecule has 1 aromatic carbocycles. The van der Waals surface area contributed by atoms with E-state index in [0.717, 1.165) is 25.5 Å². The van der Waals surface area contributed by atoms with E-state index < -0.39 is 15.8 Å². The van der Waals surface area contributed by atoms with Crippen molar-refractivity contribution < 1.29 is 12.8 Å². The van der Waals surface area contributed by atoms with Crippen molar-refractivity contribution in [3.05, 3.63) is 29.6 Å². The van der Waals surface area contributed by atoms with Crippen LogP contribution in [0.25, 0.3) is 0 Å². The average Bonchev–Trinajstić information content (AvgIpc) is 2.37. The van der Waals surface area contributed by atoms with Gasteiger partial charge in [-0.15, -0.1) is 0 Å². The van der Waals surface area contributed by atoms with E-state index in [1.54, 1.807) is 0 Å². The second kappa shape index (κ2) is 7.57. The first kappa shape index (κ1) is 16.1. The highest BCUT2D eigenvalue weighted by atomic mass is 32.2. The number of rotatable bonds is 8. The van der Waals surface area contributed by atoms with Crippen molar-refractivity contribution in [2.75, 3.05) is 13.1 Å². The third-order valence-electron chi connectivity index (χ3n) is 2.71. The summed E-state index contributed by atoms with van der Waals surface area (Å²) < 4.78 is 40.0. The topological polar surface area (TPSA) is 58.2 Å². The second-order valence-corrected chi connectivity index (χ2v) is 6.02. The van der Waals surface area contributed by atoms with Crippen LogP contribution in [0, 0.1) is 5.82 Å². The normalized spacial score (nSPS) is 11.7. The maximum Gasteiger partial charge on any atom is 0.240 e. The summed E-state index contributed by atoms with van der Waals surface area (Å²) in [5, 5.41) is 3.05. The van der Waals surface area contributed by atoms with E-state index in [2.05, 4.69) is 10.0 Å². The molecule has 19 heavy (non-hydrogen) atoms. The van der Waals surface area contributed by atoms with Crippen LogP contribution in [-0.2, 0) is 16.6 Å². The minimum Gasteiger partial charge on any atom is -0.313 e. The van der Waals surface area contributed by atoms with E-state index in [1.165, 1.54) is 12.1 Å². The van der Waals surface area contributed by atoms with E-state index in [4.69, 9.17) is 0 Å². The van der Waals surface area contributed by atoms with Crippen molar-refractivity contribution in [2.45, 2.75) is 38.1 Å². The van der Waals surface area contributed by atoms with E-state index in [0.29, 0.717) is 18.7 Å². The molecule has 0 saturated heterocycles. The van der Waals surface area contributed by atoms with E-state index in [-0.39, 0.29) is 4.90 Å². The summed E-state index contributed by atoms with van der Waals surface area (Å²) in [6, 6.07) is 3.85. The van der Waals surface area contributed by atoms with Gasteiger partial charge in [0.1, 0.15) is 5.82 Å². The number of halogens is 1. The zero-order valence-corrected chi connectivity index (χ0v) is 12.2. The van der Waals surface area contributed by atoms with Crippen LogP contribution in [0.1, 0.15) is 32.3 Å². The fourth-order valence-electron chi connectivity index (χ4n) is 1.65. The molecule has 1 aromatic rings. The van der Waals surface area contributed by atoms with Gasteiger partial charge in [0.25, 0.3) is 0 Å². The van der Waals surface area contributed by atoms with Crippen molar-refractivity contribution >= 4 is 10.0 Å². The molecule has 4 nitrogen and oxygen atoms in total. The molecule has 0 aliphatic heterocycles. The molecule has 108 valence electrons. The zero-order chi connectivity index (χ0) is 14.3. The number of sulfonamides is 1. The largest absolute Gasteiger partial charge is 0.313 e. The summed E-state index contributed by atoms with van der Waals surface area (Å²) in [6.45, 7) is 5.40. The number of hydrogen-bond donors (Lipinski definition) is 2. The molecule has 0 saturated carbocycles. The zero-order valence-electron chi connectivity index (χ0n) is 11.4. The molecule has 0 heterocycles. The summed E-state index contributed by atoms with van der Waals surface area (Å²) in [7, 11) is -3.65. The van der Waals surface area contributed by atoms with Crippen molar-refractivity contribution in [1.29, 1.82) is 0 Å². The van der Waals surface area contributed by atoms with E-state index in [1.807, 2.05) is 13.8 Å². The van der Waals surface area contributed by atoms with Crippen molar-refractivity contribution in [2.24, 2.45) is 0 Å². The molecular formula is C13H21FN2O2S. The van der Waals surface area contributed by atoms with Gasteiger partial charge in [-0.25, -0.2) is 17.5 Å². The van der Waals surface area contributed by atoms with Gasteiger partial charge in [-0.3, -0.25) is 0 Å². The summed E-state index contributed by atoms with van der Waals surface area (Å²) in [6.07, 6.45) is 1.66. The Kier molecular flexibility index (Phi) is 6.41. The summed E-state index contributed by atoms with van der Waals surface area (Å²) in [4.78, 5) is 0.0181. The lowest BCUT2D eigenvalue weighted by Gasteiger charge is -2.12. The molecule has 0 bridgehead atoms. The Morgan fingerprint density at radius 1 is 1.26 bits per heavy atom. The number of hydrogen-bond acceptors (Lipinski definition) is 3. The average molecular weight is 288 g/mol. The predicted molar refractivity (Wildman–Crippen MR) is 73.9 cm³/mol. The van der Waals surface area contributed by atoms with Gasteiger partial charge in [0.05, 0.1) is 4.90 Å². The van der Waals surface area contributed by atoms with Gasteiger partial charge in [0, 0.05) is 13.1 Å². The van der Waals surface area contributed by atoms with Gasteiger partial charge in [0.15, 0.2) is 0 Å². The number of unbranched alkanes of at least 4 members (excludes halogenated alkanes) is 1. The SMILES string of the molecule is CCCCNS(=O)(=O)c1cc(F)ccc1CNCC. The first-order valence-electron chi connectivity index (χ1n) is 6.50. The first-order chi connectivity index (χ1) is 9.01. The molecule has 0 spiro atoms. The minimum absolute atomic E-state index is 0.0181. The molecule has 1 rings (SSSR count). The third-order valence-corrected chi connectivity index (χ3v) is 4.25. The quantitative estimate of drug-likeness (QED) is 0.720. The van der Waals surface area contributed by atoms with Crippen LogP contribution in [0.15, 0.2) is 23.1 Å². The second-order valence-electron chi connectivity index (χ2n) is 4.28. The highest BCUT2D eigenvalue weighted by molar-refractivity contribution is 7.89. The Morgan fingerprint density at radius 2 is 2.00 bits per heavy atom. The predicted octanol–water partition coefficient (Wildman–Crippen LogP) is 2.01. The highest BCUT2D eigenvalue weighted by Crippen LogP contribution is 2.17. The molecule has 0 aliphatic rings. The molecule has 0 atom stereocenters. The Balaban J connectivity index is 2.98. The van der Waals surface area contributed by atoms with Crippen LogP contribution < -0.4 is 10.0 Å². The number of benzene rings is 1. The van der Waals surface area contributed by atoms with Crippen molar-refractivity contribution in [1.82, 2.24) is 10.0 Å². The lowest BCUT2D eigenvalue weighted by molar-refractivity contribution is 0.571. The van der Waals surface area contributed by atoms with Crippen LogP contribution in [0.3, 0.4) is 0 Å².